The number of aromatic hydroxyl groups is 1. The highest BCUT2D eigenvalue weighted by atomic mass is 32.1. The van der Waals surface area contributed by atoms with Crippen LogP contribution in [-0.2, 0) is 0 Å². The average Bonchev–Trinajstić information content (AvgIpc) is 3.00. The first-order valence-electron chi connectivity index (χ1n) is 6.90. The summed E-state index contributed by atoms with van der Waals surface area (Å²) in [6.07, 6.45) is 12.2. The van der Waals surface area contributed by atoms with Gasteiger partial charge in [-0.05, 0) is 30.7 Å². The van der Waals surface area contributed by atoms with E-state index < -0.39 is 0 Å². The van der Waals surface area contributed by atoms with Crippen LogP contribution in [0.1, 0.15) is 12.5 Å². The first-order valence-corrected chi connectivity index (χ1v) is 7.78. The van der Waals surface area contributed by atoms with E-state index in [0.717, 1.165) is 11.1 Å². The summed E-state index contributed by atoms with van der Waals surface area (Å²) < 4.78 is 0.661. The molecule has 0 radical (unpaired) electrons. The van der Waals surface area contributed by atoms with Gasteiger partial charge in [0.25, 0.3) is 0 Å². The molecule has 4 nitrogen and oxygen atoms in total. The second-order valence-electron chi connectivity index (χ2n) is 4.79. The van der Waals surface area contributed by atoms with Gasteiger partial charge in [0.15, 0.2) is 5.82 Å². The van der Waals surface area contributed by atoms with E-state index >= 15 is 0 Å². The van der Waals surface area contributed by atoms with E-state index in [1.165, 1.54) is 11.3 Å². The fourth-order valence-electron chi connectivity index (χ4n) is 2.13. The van der Waals surface area contributed by atoms with Gasteiger partial charge in [-0.1, -0.05) is 24.1 Å². The Morgan fingerprint density at radius 1 is 1.35 bits per heavy atom. The summed E-state index contributed by atoms with van der Waals surface area (Å²) in [6, 6.07) is 5.49. The molecule has 5 heteroatoms. The number of rotatable bonds is 3. The highest BCUT2D eigenvalue weighted by molar-refractivity contribution is 7.17. The lowest BCUT2D eigenvalue weighted by Crippen LogP contribution is -1.92. The van der Waals surface area contributed by atoms with Crippen LogP contribution in [0.15, 0.2) is 48.0 Å². The van der Waals surface area contributed by atoms with Crippen LogP contribution >= 0.6 is 11.3 Å². The molecule has 0 saturated heterocycles. The van der Waals surface area contributed by atoms with Gasteiger partial charge >= 0.3 is 0 Å². The smallest absolute Gasteiger partial charge is 0.233 e. The summed E-state index contributed by atoms with van der Waals surface area (Å²) in [5.74, 6) is 2.82. The van der Waals surface area contributed by atoms with Crippen molar-refractivity contribution >= 4 is 27.1 Å². The van der Waals surface area contributed by atoms with Crippen molar-refractivity contribution in [2.24, 2.45) is 0 Å². The Morgan fingerprint density at radius 3 is 2.96 bits per heavy atom. The second-order valence-corrected chi connectivity index (χ2v) is 5.67. The van der Waals surface area contributed by atoms with Crippen molar-refractivity contribution < 1.29 is 5.11 Å². The van der Waals surface area contributed by atoms with Gasteiger partial charge < -0.3 is 5.11 Å². The summed E-state index contributed by atoms with van der Waals surface area (Å²) >= 11 is 1.41. The summed E-state index contributed by atoms with van der Waals surface area (Å²) in [6.45, 7) is 1.97. The van der Waals surface area contributed by atoms with Crippen LogP contribution in [0.5, 0.6) is 5.88 Å². The lowest BCUT2D eigenvalue weighted by atomic mass is 10.1. The first kappa shape index (κ1) is 14.9. The summed E-state index contributed by atoms with van der Waals surface area (Å²) in [4.78, 5) is 13.0. The van der Waals surface area contributed by atoms with E-state index in [9.17, 15) is 5.11 Å². The van der Waals surface area contributed by atoms with Crippen molar-refractivity contribution in [2.45, 2.75) is 6.92 Å². The van der Waals surface area contributed by atoms with Crippen LogP contribution in [0.2, 0.25) is 0 Å². The maximum atomic E-state index is 10.2. The van der Waals surface area contributed by atoms with Gasteiger partial charge in [-0.3, -0.25) is 4.98 Å². The zero-order valence-corrected chi connectivity index (χ0v) is 13.2. The lowest BCUT2D eigenvalue weighted by Gasteiger charge is -2.03. The van der Waals surface area contributed by atoms with E-state index in [1.807, 2.05) is 36.6 Å². The van der Waals surface area contributed by atoms with Gasteiger partial charge in [-0.25, -0.2) is 4.98 Å². The van der Waals surface area contributed by atoms with E-state index in [0.29, 0.717) is 21.7 Å². The fraction of sp³-hybridized carbons (Fsp3) is 0.0556. The quantitative estimate of drug-likeness (QED) is 0.584. The summed E-state index contributed by atoms with van der Waals surface area (Å²) in [5, 5.41) is 12.1. The highest BCUT2D eigenvalue weighted by Crippen LogP contribution is 2.35. The molecular weight excluding hydrogens is 306 g/mol. The van der Waals surface area contributed by atoms with Crippen molar-refractivity contribution in [3.8, 4) is 29.7 Å². The molecule has 0 spiro atoms. The number of hydrogen-bond donors (Lipinski definition) is 1. The molecule has 3 aromatic rings. The van der Waals surface area contributed by atoms with E-state index in [4.69, 9.17) is 6.42 Å². The number of pyridine rings is 1. The summed E-state index contributed by atoms with van der Waals surface area (Å²) in [7, 11) is 0. The Labute approximate surface area is 137 Å². The largest absolute Gasteiger partial charge is 0.492 e. The maximum absolute atomic E-state index is 10.2. The fourth-order valence-corrected chi connectivity index (χ4v) is 3.08. The zero-order valence-electron chi connectivity index (χ0n) is 12.4. The number of fused-ring (bicyclic) bond motifs is 1. The second kappa shape index (κ2) is 6.42. The van der Waals surface area contributed by atoms with Crippen molar-refractivity contribution in [3.63, 3.8) is 0 Å². The van der Waals surface area contributed by atoms with Gasteiger partial charge in [0.05, 0.1) is 5.52 Å². The standard InChI is InChI=1S/C18H13N3OS/c1-3-4-5-8-12(2)13-11-23-16-15(13)20-17(21-18(16)22)14-9-6-7-10-19-14/h1,4-11H,2H3,(H,20,21,22)/b5-4-,12-8+. The average molecular weight is 319 g/mol. The van der Waals surface area contributed by atoms with Crippen LogP contribution < -0.4 is 0 Å². The molecule has 0 bridgehead atoms. The Balaban J connectivity index is 2.15. The maximum Gasteiger partial charge on any atom is 0.233 e. The van der Waals surface area contributed by atoms with E-state index in [2.05, 4.69) is 20.9 Å². The predicted molar refractivity (Wildman–Crippen MR) is 93.9 cm³/mol. The topological polar surface area (TPSA) is 58.9 Å². The third-order valence-electron chi connectivity index (χ3n) is 3.25. The van der Waals surface area contributed by atoms with Crippen molar-refractivity contribution in [3.05, 3.63) is 53.6 Å². The molecule has 112 valence electrons. The van der Waals surface area contributed by atoms with Crippen molar-refractivity contribution in [2.75, 3.05) is 0 Å². The molecule has 0 amide bonds. The number of allylic oxidation sites excluding steroid dienone is 4. The molecule has 0 aliphatic rings. The zero-order chi connectivity index (χ0) is 16.2. The minimum Gasteiger partial charge on any atom is -0.492 e. The van der Waals surface area contributed by atoms with Gasteiger partial charge in [0.1, 0.15) is 10.4 Å². The molecule has 0 atom stereocenters. The lowest BCUT2D eigenvalue weighted by molar-refractivity contribution is 0.461. The number of hydrogen-bond acceptors (Lipinski definition) is 5. The normalized spacial score (nSPS) is 11.9. The van der Waals surface area contributed by atoms with Crippen LogP contribution in [0.25, 0.3) is 27.3 Å². The van der Waals surface area contributed by atoms with Gasteiger partial charge in [-0.15, -0.1) is 17.8 Å². The minimum absolute atomic E-state index is 0.0288. The van der Waals surface area contributed by atoms with E-state index in [-0.39, 0.29) is 5.88 Å². The van der Waals surface area contributed by atoms with Crippen LogP contribution in [0.4, 0.5) is 0 Å². The third kappa shape index (κ3) is 2.98. The van der Waals surface area contributed by atoms with Crippen molar-refractivity contribution in [1.29, 1.82) is 0 Å². The summed E-state index contributed by atoms with van der Waals surface area (Å²) in [5.41, 5.74) is 3.29. The van der Waals surface area contributed by atoms with Crippen LogP contribution in [0.3, 0.4) is 0 Å². The molecule has 0 saturated carbocycles. The molecule has 0 aliphatic heterocycles. The molecule has 23 heavy (non-hydrogen) atoms. The molecule has 3 aromatic heterocycles. The number of thiophene rings is 1. The molecule has 3 rings (SSSR count). The molecule has 0 aliphatic carbocycles. The van der Waals surface area contributed by atoms with Crippen molar-refractivity contribution in [1.82, 2.24) is 15.0 Å². The molecule has 3 heterocycles. The predicted octanol–water partition coefficient (Wildman–Crippen LogP) is 4.05. The molecule has 0 aromatic carbocycles. The number of terminal acetylenes is 1. The van der Waals surface area contributed by atoms with Crippen LogP contribution in [0, 0.1) is 12.3 Å². The van der Waals surface area contributed by atoms with Crippen LogP contribution in [-0.4, -0.2) is 20.1 Å². The van der Waals surface area contributed by atoms with E-state index in [1.54, 1.807) is 18.3 Å². The highest BCUT2D eigenvalue weighted by Gasteiger charge is 2.15. The van der Waals surface area contributed by atoms with Gasteiger partial charge in [0, 0.05) is 17.1 Å². The Morgan fingerprint density at radius 2 is 2.22 bits per heavy atom. The third-order valence-corrected chi connectivity index (χ3v) is 4.22. The van der Waals surface area contributed by atoms with Gasteiger partial charge in [0.2, 0.25) is 5.88 Å². The SMILES string of the molecule is C#C/C=C\C=C(/C)c1csc2c(O)nc(-c3ccccn3)nc12. The Hall–Kier alpha value is -2.97. The molecule has 0 unspecified atom stereocenters. The minimum atomic E-state index is -0.0288. The molecule has 0 fully saturated rings. The number of nitrogens with zero attached hydrogens (tertiary/aromatic N) is 3. The number of aromatic nitrogens is 3. The van der Waals surface area contributed by atoms with Gasteiger partial charge in [-0.2, -0.15) is 4.98 Å². The Kier molecular flexibility index (Phi) is 4.18. The molecular formula is C18H13N3OS. The molecule has 1 N–H and O–H groups in total. The monoisotopic (exact) mass is 319 g/mol. The first-order chi connectivity index (χ1) is 11.2. The Bertz CT molecular complexity index is 950.